The molecule has 0 aliphatic carbocycles. The molecule has 26 heavy (non-hydrogen) atoms. The zero-order chi connectivity index (χ0) is 18.2. The Morgan fingerprint density at radius 1 is 0.615 bits per heavy atom. The van der Waals surface area contributed by atoms with E-state index in [0.29, 0.717) is 16.7 Å². The van der Waals surface area contributed by atoms with Gasteiger partial charge in [0, 0.05) is 27.8 Å². The summed E-state index contributed by atoms with van der Waals surface area (Å²) in [6.45, 7) is 0. The number of nitrogens with zero attached hydrogens (tertiary/aromatic N) is 1. The lowest BCUT2D eigenvalue weighted by atomic mass is 10.1. The third-order valence-electron chi connectivity index (χ3n) is 3.69. The number of nitriles is 1. The van der Waals surface area contributed by atoms with Crippen LogP contribution in [-0.2, 0) is 0 Å². The maximum absolute atomic E-state index is 10.7. The van der Waals surface area contributed by atoms with Gasteiger partial charge in [0.2, 0.25) is 0 Å². The Hall–Kier alpha value is -4.06. The first-order valence-electron chi connectivity index (χ1n) is 7.97. The second-order valence-corrected chi connectivity index (χ2v) is 5.44. The van der Waals surface area contributed by atoms with E-state index in [1.165, 1.54) is 0 Å². The summed E-state index contributed by atoms with van der Waals surface area (Å²) in [5.74, 6) is 12.4. The number of carbonyl (C=O) groups is 1. The summed E-state index contributed by atoms with van der Waals surface area (Å²) in [5.41, 5.74) is 4.32. The number of carbonyl (C=O) groups excluding carboxylic acids is 1. The molecule has 0 radical (unpaired) electrons. The van der Waals surface area contributed by atoms with E-state index in [1.54, 1.807) is 18.2 Å². The fourth-order valence-electron chi connectivity index (χ4n) is 2.31. The van der Waals surface area contributed by atoms with Crippen LogP contribution in [-0.4, -0.2) is 6.29 Å². The fraction of sp³-hybridized carbons (Fsp3) is 0. The van der Waals surface area contributed by atoms with Crippen LogP contribution in [0.4, 0.5) is 0 Å². The zero-order valence-electron chi connectivity index (χ0n) is 13.9. The summed E-state index contributed by atoms with van der Waals surface area (Å²) in [6, 6.07) is 24.1. The van der Waals surface area contributed by atoms with Gasteiger partial charge in [0.1, 0.15) is 12.4 Å². The number of rotatable bonds is 1. The molecule has 0 bridgehead atoms. The summed E-state index contributed by atoms with van der Waals surface area (Å²) in [7, 11) is 0. The van der Waals surface area contributed by atoms with Crippen molar-refractivity contribution in [1.82, 2.24) is 0 Å². The Morgan fingerprint density at radius 3 is 1.58 bits per heavy atom. The van der Waals surface area contributed by atoms with Crippen LogP contribution in [0.15, 0.2) is 72.8 Å². The SMILES string of the molecule is N#Cc1ccccc1C#Cc1ccccc1C#Cc1ccc(C=O)cc1. The molecule has 3 rings (SSSR count). The minimum absolute atomic E-state index is 0.554. The molecule has 0 saturated heterocycles. The summed E-state index contributed by atoms with van der Waals surface area (Å²) in [5, 5.41) is 9.16. The Bertz CT molecular complexity index is 1110. The van der Waals surface area contributed by atoms with E-state index in [1.807, 2.05) is 54.6 Å². The second kappa shape index (κ2) is 8.16. The third kappa shape index (κ3) is 4.07. The van der Waals surface area contributed by atoms with E-state index in [-0.39, 0.29) is 0 Å². The Labute approximate surface area is 152 Å². The monoisotopic (exact) mass is 331 g/mol. The lowest BCUT2D eigenvalue weighted by molar-refractivity contribution is 0.112. The molecule has 0 aliphatic heterocycles. The quantitative estimate of drug-likeness (QED) is 0.496. The van der Waals surface area contributed by atoms with Crippen LogP contribution in [0.25, 0.3) is 0 Å². The predicted octanol–water partition coefficient (Wildman–Crippen LogP) is 4.17. The van der Waals surface area contributed by atoms with Crippen LogP contribution in [0.3, 0.4) is 0 Å². The van der Waals surface area contributed by atoms with Crippen LogP contribution >= 0.6 is 0 Å². The molecule has 0 amide bonds. The van der Waals surface area contributed by atoms with Crippen LogP contribution in [0, 0.1) is 35.0 Å². The van der Waals surface area contributed by atoms with Crippen molar-refractivity contribution < 1.29 is 4.79 Å². The molecule has 0 unspecified atom stereocenters. The first kappa shape index (κ1) is 16.8. The molecule has 0 N–H and O–H groups in total. The highest BCUT2D eigenvalue weighted by Gasteiger charge is 1.98. The smallest absolute Gasteiger partial charge is 0.150 e. The molecular weight excluding hydrogens is 318 g/mol. The lowest BCUT2D eigenvalue weighted by Crippen LogP contribution is -1.85. The molecule has 0 saturated carbocycles. The van der Waals surface area contributed by atoms with Gasteiger partial charge >= 0.3 is 0 Å². The molecule has 2 heteroatoms. The van der Waals surface area contributed by atoms with Gasteiger partial charge in [-0.3, -0.25) is 4.79 Å². The van der Waals surface area contributed by atoms with Gasteiger partial charge in [-0.25, -0.2) is 0 Å². The first-order valence-corrected chi connectivity index (χ1v) is 7.97. The highest BCUT2D eigenvalue weighted by Crippen LogP contribution is 2.09. The van der Waals surface area contributed by atoms with Crippen molar-refractivity contribution in [3.05, 3.63) is 106 Å². The van der Waals surface area contributed by atoms with E-state index in [0.717, 1.165) is 23.0 Å². The van der Waals surface area contributed by atoms with Gasteiger partial charge < -0.3 is 0 Å². The minimum Gasteiger partial charge on any atom is -0.298 e. The summed E-state index contributed by atoms with van der Waals surface area (Å²) < 4.78 is 0. The van der Waals surface area contributed by atoms with Crippen molar-refractivity contribution in [2.45, 2.75) is 0 Å². The molecule has 0 aromatic heterocycles. The highest BCUT2D eigenvalue weighted by atomic mass is 16.1. The van der Waals surface area contributed by atoms with Crippen molar-refractivity contribution in [2.24, 2.45) is 0 Å². The second-order valence-electron chi connectivity index (χ2n) is 5.44. The first-order chi connectivity index (χ1) is 12.8. The van der Waals surface area contributed by atoms with Crippen molar-refractivity contribution >= 4 is 6.29 Å². The molecular formula is C24H13NO. The van der Waals surface area contributed by atoms with Gasteiger partial charge in [0.15, 0.2) is 0 Å². The molecule has 0 fully saturated rings. The molecule has 0 atom stereocenters. The number of benzene rings is 3. The average molecular weight is 331 g/mol. The summed E-state index contributed by atoms with van der Waals surface area (Å²) >= 11 is 0. The van der Waals surface area contributed by atoms with Gasteiger partial charge in [0.05, 0.1) is 5.56 Å². The third-order valence-corrected chi connectivity index (χ3v) is 3.69. The molecule has 0 aliphatic rings. The van der Waals surface area contributed by atoms with Gasteiger partial charge in [-0.1, -0.05) is 60.1 Å². The van der Waals surface area contributed by atoms with Crippen LogP contribution < -0.4 is 0 Å². The number of hydrogen-bond donors (Lipinski definition) is 0. The van der Waals surface area contributed by atoms with Gasteiger partial charge in [0.25, 0.3) is 0 Å². The van der Waals surface area contributed by atoms with Gasteiger partial charge in [-0.15, -0.1) is 0 Å². The largest absolute Gasteiger partial charge is 0.298 e. The van der Waals surface area contributed by atoms with Crippen LogP contribution in [0.2, 0.25) is 0 Å². The lowest BCUT2D eigenvalue weighted by Gasteiger charge is -1.97. The Balaban J connectivity index is 1.93. The molecule has 0 spiro atoms. The summed E-state index contributed by atoms with van der Waals surface area (Å²) in [4.78, 5) is 10.7. The Morgan fingerprint density at radius 2 is 1.08 bits per heavy atom. The van der Waals surface area contributed by atoms with E-state index < -0.39 is 0 Å². The van der Waals surface area contributed by atoms with Crippen molar-refractivity contribution in [3.63, 3.8) is 0 Å². The summed E-state index contributed by atoms with van der Waals surface area (Å²) in [6.07, 6.45) is 0.807. The standard InChI is InChI=1S/C24H13NO/c25-17-24-8-4-3-7-23(24)16-15-22-6-2-1-5-21(22)14-13-19-9-11-20(18-26)12-10-19/h1-12,18H. The van der Waals surface area contributed by atoms with Gasteiger partial charge in [-0.05, 0) is 36.4 Å². The van der Waals surface area contributed by atoms with Crippen LogP contribution in [0.5, 0.6) is 0 Å². The predicted molar refractivity (Wildman–Crippen MR) is 101 cm³/mol. The number of hydrogen-bond acceptors (Lipinski definition) is 2. The molecule has 3 aromatic carbocycles. The number of aldehydes is 1. The van der Waals surface area contributed by atoms with E-state index in [2.05, 4.69) is 29.8 Å². The minimum atomic E-state index is 0.554. The topological polar surface area (TPSA) is 40.9 Å². The van der Waals surface area contributed by atoms with E-state index in [4.69, 9.17) is 5.26 Å². The molecule has 2 nitrogen and oxygen atoms in total. The van der Waals surface area contributed by atoms with Crippen molar-refractivity contribution in [1.29, 1.82) is 5.26 Å². The molecule has 0 heterocycles. The maximum Gasteiger partial charge on any atom is 0.150 e. The fourth-order valence-corrected chi connectivity index (χ4v) is 2.31. The zero-order valence-corrected chi connectivity index (χ0v) is 13.9. The van der Waals surface area contributed by atoms with Crippen molar-refractivity contribution in [3.8, 4) is 29.8 Å². The van der Waals surface area contributed by atoms with E-state index >= 15 is 0 Å². The molecule has 3 aromatic rings. The van der Waals surface area contributed by atoms with Gasteiger partial charge in [-0.2, -0.15) is 5.26 Å². The maximum atomic E-state index is 10.7. The average Bonchev–Trinajstić information content (AvgIpc) is 2.72. The van der Waals surface area contributed by atoms with E-state index in [9.17, 15) is 4.79 Å². The van der Waals surface area contributed by atoms with Crippen molar-refractivity contribution in [2.75, 3.05) is 0 Å². The van der Waals surface area contributed by atoms with Crippen LogP contribution in [0.1, 0.15) is 38.2 Å². The Kier molecular flexibility index (Phi) is 5.27. The molecule has 120 valence electrons. The highest BCUT2D eigenvalue weighted by molar-refractivity contribution is 5.74. The normalized spacial score (nSPS) is 9.04.